The van der Waals surface area contributed by atoms with Crippen molar-refractivity contribution in [3.63, 3.8) is 0 Å². The van der Waals surface area contributed by atoms with E-state index in [9.17, 15) is 5.11 Å². The van der Waals surface area contributed by atoms with Crippen LogP contribution >= 0.6 is 0 Å². The Balaban J connectivity index is 1.33. The van der Waals surface area contributed by atoms with E-state index >= 15 is 0 Å². The Bertz CT molecular complexity index is 1190. The molecule has 0 saturated heterocycles. The van der Waals surface area contributed by atoms with Crippen LogP contribution in [0.1, 0.15) is 40.7 Å². The molecule has 1 atom stereocenters. The lowest BCUT2D eigenvalue weighted by Gasteiger charge is -2.18. The maximum atomic E-state index is 9.57. The first-order valence-electron chi connectivity index (χ1n) is 11.9. The number of rotatable bonds is 8. The van der Waals surface area contributed by atoms with Gasteiger partial charge in [0.15, 0.2) is 0 Å². The smallest absolute Gasteiger partial charge is 0.127 e. The van der Waals surface area contributed by atoms with Crippen LogP contribution in [0.25, 0.3) is 11.1 Å². The van der Waals surface area contributed by atoms with Gasteiger partial charge in [-0.25, -0.2) is 0 Å². The Morgan fingerprint density at radius 2 is 1.74 bits per heavy atom. The van der Waals surface area contributed by atoms with Gasteiger partial charge in [0.1, 0.15) is 42.2 Å². The van der Waals surface area contributed by atoms with Gasteiger partial charge in [0.05, 0.1) is 6.61 Å². The lowest BCUT2D eigenvalue weighted by atomic mass is 9.90. The second-order valence-corrected chi connectivity index (χ2v) is 9.69. The average Bonchev–Trinajstić information content (AvgIpc) is 3.46. The topological polar surface area (TPSA) is 68.2 Å². The van der Waals surface area contributed by atoms with Crippen LogP contribution in [0.4, 0.5) is 0 Å². The van der Waals surface area contributed by atoms with Gasteiger partial charge >= 0.3 is 0 Å². The number of aryl methyl sites for hydroxylation is 2. The van der Waals surface area contributed by atoms with E-state index in [-0.39, 0.29) is 18.8 Å². The number of fused-ring (bicyclic) bond motifs is 1. The van der Waals surface area contributed by atoms with Gasteiger partial charge in [-0.2, -0.15) is 0 Å². The number of hydrogen-bond acceptors (Lipinski definition) is 5. The van der Waals surface area contributed by atoms with Crippen molar-refractivity contribution >= 4 is 0 Å². The fourth-order valence-electron chi connectivity index (χ4n) is 4.85. The third kappa shape index (κ3) is 4.50. The molecule has 1 aliphatic heterocycles. The highest BCUT2D eigenvalue weighted by atomic mass is 16.5. The first kappa shape index (κ1) is 22.8. The average molecular weight is 461 g/mol. The summed E-state index contributed by atoms with van der Waals surface area (Å²) in [7, 11) is 0. The highest BCUT2D eigenvalue weighted by Gasteiger charge is 2.49. The summed E-state index contributed by atoms with van der Waals surface area (Å²) >= 11 is 0. The van der Waals surface area contributed by atoms with Gasteiger partial charge in [-0.1, -0.05) is 24.3 Å². The predicted octanol–water partition coefficient (Wildman–Crippen LogP) is 5.06. The number of aliphatic hydroxyl groups excluding tert-OH is 2. The number of aliphatic hydroxyl groups is 2. The quantitative estimate of drug-likeness (QED) is 0.492. The standard InChI is InChI=1S/C29H32O5/c1-18-11-25(33-17-23(31)15-30)12-19(2)28(18)26-6-4-5-22(20(26)3)16-32-24-8-7-21-14-29(9-10-29)34-27(21)13-24/h4-8,11-13,23,30-31H,9-10,14-17H2,1-3H3/t23-/m1/s1. The summed E-state index contributed by atoms with van der Waals surface area (Å²) in [5.41, 5.74) is 8.24. The zero-order valence-electron chi connectivity index (χ0n) is 20.1. The number of benzene rings is 3. The Morgan fingerprint density at radius 1 is 0.971 bits per heavy atom. The molecule has 0 unspecified atom stereocenters. The Kier molecular flexibility index (Phi) is 6.00. The molecule has 5 heteroatoms. The first-order valence-corrected chi connectivity index (χ1v) is 11.9. The molecular formula is C29H32O5. The molecule has 1 saturated carbocycles. The minimum Gasteiger partial charge on any atom is -0.491 e. The monoisotopic (exact) mass is 460 g/mol. The normalized spacial score (nSPS) is 16.1. The lowest BCUT2D eigenvalue weighted by molar-refractivity contribution is 0.0536. The Morgan fingerprint density at radius 3 is 2.44 bits per heavy atom. The predicted molar refractivity (Wildman–Crippen MR) is 132 cm³/mol. The second kappa shape index (κ2) is 8.97. The molecule has 1 heterocycles. The largest absolute Gasteiger partial charge is 0.491 e. The van der Waals surface area contributed by atoms with E-state index in [2.05, 4.69) is 45.0 Å². The Labute approximate surface area is 200 Å². The first-order chi connectivity index (χ1) is 16.4. The van der Waals surface area contributed by atoms with Crippen molar-refractivity contribution in [3.8, 4) is 28.4 Å². The molecule has 178 valence electrons. The maximum absolute atomic E-state index is 9.57. The molecule has 3 aromatic rings. The van der Waals surface area contributed by atoms with E-state index in [0.717, 1.165) is 47.5 Å². The van der Waals surface area contributed by atoms with Gasteiger partial charge in [0.2, 0.25) is 0 Å². The molecule has 5 rings (SSSR count). The summed E-state index contributed by atoms with van der Waals surface area (Å²) in [6.45, 7) is 6.51. The summed E-state index contributed by atoms with van der Waals surface area (Å²) in [5.74, 6) is 2.50. The molecule has 3 aromatic carbocycles. The fourth-order valence-corrected chi connectivity index (χ4v) is 4.85. The summed E-state index contributed by atoms with van der Waals surface area (Å²) in [5, 5.41) is 18.6. The lowest BCUT2D eigenvalue weighted by Crippen LogP contribution is -2.21. The van der Waals surface area contributed by atoms with Crippen LogP contribution in [0.3, 0.4) is 0 Å². The van der Waals surface area contributed by atoms with Crippen LogP contribution in [-0.4, -0.2) is 35.1 Å². The van der Waals surface area contributed by atoms with Crippen molar-refractivity contribution in [1.29, 1.82) is 0 Å². The summed E-state index contributed by atoms with van der Waals surface area (Å²) < 4.78 is 18.0. The molecule has 1 fully saturated rings. The van der Waals surface area contributed by atoms with Gasteiger partial charge in [0.25, 0.3) is 0 Å². The van der Waals surface area contributed by atoms with Crippen molar-refractivity contribution in [2.45, 2.75) is 58.3 Å². The molecule has 1 aliphatic carbocycles. The highest BCUT2D eigenvalue weighted by molar-refractivity contribution is 5.75. The third-order valence-electron chi connectivity index (χ3n) is 6.95. The van der Waals surface area contributed by atoms with Gasteiger partial charge in [0, 0.05) is 12.5 Å². The van der Waals surface area contributed by atoms with Crippen LogP contribution in [-0.2, 0) is 13.0 Å². The van der Waals surface area contributed by atoms with Crippen LogP contribution in [0, 0.1) is 20.8 Å². The fraction of sp³-hybridized carbons (Fsp3) is 0.379. The molecule has 0 aromatic heterocycles. The highest BCUT2D eigenvalue weighted by Crippen LogP contribution is 2.50. The summed E-state index contributed by atoms with van der Waals surface area (Å²) in [6, 6.07) is 16.5. The van der Waals surface area contributed by atoms with Crippen LogP contribution in [0.15, 0.2) is 48.5 Å². The van der Waals surface area contributed by atoms with Crippen molar-refractivity contribution in [2.24, 2.45) is 0 Å². The van der Waals surface area contributed by atoms with Crippen LogP contribution in [0.2, 0.25) is 0 Å². The van der Waals surface area contributed by atoms with Gasteiger partial charge in [-0.3, -0.25) is 0 Å². The van der Waals surface area contributed by atoms with Crippen molar-refractivity contribution in [2.75, 3.05) is 13.2 Å². The molecule has 1 spiro atoms. The maximum Gasteiger partial charge on any atom is 0.127 e. The van der Waals surface area contributed by atoms with E-state index in [1.807, 2.05) is 24.3 Å². The molecule has 2 aliphatic rings. The Hall–Kier alpha value is -3.02. The van der Waals surface area contributed by atoms with Gasteiger partial charge < -0.3 is 24.4 Å². The molecule has 0 bridgehead atoms. The van der Waals surface area contributed by atoms with E-state index < -0.39 is 6.10 Å². The molecule has 2 N–H and O–H groups in total. The summed E-state index contributed by atoms with van der Waals surface area (Å²) in [4.78, 5) is 0. The van der Waals surface area contributed by atoms with E-state index in [1.165, 1.54) is 22.3 Å². The zero-order chi connectivity index (χ0) is 23.9. The van der Waals surface area contributed by atoms with Crippen molar-refractivity contribution in [1.82, 2.24) is 0 Å². The van der Waals surface area contributed by atoms with Crippen molar-refractivity contribution < 1.29 is 24.4 Å². The molecular weight excluding hydrogens is 428 g/mol. The van der Waals surface area contributed by atoms with Gasteiger partial charge in [-0.05, 0) is 90.8 Å². The molecule has 34 heavy (non-hydrogen) atoms. The van der Waals surface area contributed by atoms with E-state index in [4.69, 9.17) is 19.3 Å². The minimum atomic E-state index is -0.883. The minimum absolute atomic E-state index is 0.0648. The molecule has 0 radical (unpaired) electrons. The third-order valence-corrected chi connectivity index (χ3v) is 6.95. The number of hydrogen-bond donors (Lipinski definition) is 2. The van der Waals surface area contributed by atoms with E-state index in [1.54, 1.807) is 0 Å². The zero-order valence-corrected chi connectivity index (χ0v) is 20.1. The van der Waals surface area contributed by atoms with E-state index in [0.29, 0.717) is 12.4 Å². The van der Waals surface area contributed by atoms with Crippen LogP contribution in [0.5, 0.6) is 17.2 Å². The molecule has 0 amide bonds. The molecule has 5 nitrogen and oxygen atoms in total. The SMILES string of the molecule is Cc1cc(OC[C@H](O)CO)cc(C)c1-c1cccc(COc2ccc3c(c2)OC2(CC2)C3)c1C. The van der Waals surface area contributed by atoms with Crippen molar-refractivity contribution in [3.05, 3.63) is 76.3 Å². The van der Waals surface area contributed by atoms with Crippen LogP contribution < -0.4 is 14.2 Å². The second-order valence-electron chi connectivity index (χ2n) is 9.69. The van der Waals surface area contributed by atoms with Gasteiger partial charge in [-0.15, -0.1) is 0 Å². The summed E-state index contributed by atoms with van der Waals surface area (Å²) in [6.07, 6.45) is 2.45. The number of ether oxygens (including phenoxy) is 3.